The lowest BCUT2D eigenvalue weighted by atomic mass is 9.78. The van der Waals surface area contributed by atoms with Crippen LogP contribution in [0.15, 0.2) is 12.1 Å². The number of hydrogen-bond acceptors (Lipinski definition) is 2. The minimum absolute atomic E-state index is 0.801. The van der Waals surface area contributed by atoms with Gasteiger partial charge in [0.05, 0.1) is 12.7 Å². The summed E-state index contributed by atoms with van der Waals surface area (Å²) in [6.45, 7) is 0. The molecule has 0 spiro atoms. The molecule has 2 aromatic carbocycles. The number of rotatable bonds is 2. The summed E-state index contributed by atoms with van der Waals surface area (Å²) in [5.41, 5.74) is 6.14. The van der Waals surface area contributed by atoms with Gasteiger partial charge in [0, 0.05) is 5.56 Å². The number of carbonyl (C=O) groups is 1. The first-order chi connectivity index (χ1) is 9.85. The molecule has 2 nitrogen and oxygen atoms in total. The topological polar surface area (TPSA) is 26.3 Å². The van der Waals surface area contributed by atoms with Gasteiger partial charge in [0.15, 0.2) is 6.29 Å². The van der Waals surface area contributed by atoms with Gasteiger partial charge in [-0.2, -0.15) is 0 Å². The first kappa shape index (κ1) is 12.0. The molecule has 0 saturated heterocycles. The number of methoxy groups -OCH3 is 1. The quantitative estimate of drug-likeness (QED) is 0.776. The maximum Gasteiger partial charge on any atom is 0.154 e. The lowest BCUT2D eigenvalue weighted by Gasteiger charge is -2.28. The molecule has 2 aromatic rings. The molecule has 2 heteroatoms. The van der Waals surface area contributed by atoms with Crippen LogP contribution in [0.4, 0.5) is 0 Å². The largest absolute Gasteiger partial charge is 0.496 e. The molecule has 0 heterocycles. The lowest BCUT2D eigenvalue weighted by molar-refractivity contribution is 0.111. The molecule has 0 fully saturated rings. The molecule has 0 unspecified atom stereocenters. The zero-order chi connectivity index (χ0) is 13.7. The number of aryl methyl sites for hydroxylation is 4. The SMILES string of the molecule is COc1c(C=O)c2c3c(ccc4c3c1CCC4)CCC2. The van der Waals surface area contributed by atoms with Crippen LogP contribution in [-0.2, 0) is 25.7 Å². The monoisotopic (exact) mass is 266 g/mol. The van der Waals surface area contributed by atoms with Crippen molar-refractivity contribution >= 4 is 17.1 Å². The third kappa shape index (κ3) is 1.42. The summed E-state index contributed by atoms with van der Waals surface area (Å²) in [6, 6.07) is 4.56. The fourth-order valence-electron chi connectivity index (χ4n) is 4.11. The molecule has 4 rings (SSSR count). The fraction of sp³-hybridized carbons (Fsp3) is 0.389. The molecule has 0 radical (unpaired) electrons. The minimum atomic E-state index is 0.801. The van der Waals surface area contributed by atoms with Gasteiger partial charge >= 0.3 is 0 Å². The first-order valence-corrected chi connectivity index (χ1v) is 7.46. The van der Waals surface area contributed by atoms with Crippen LogP contribution in [-0.4, -0.2) is 13.4 Å². The van der Waals surface area contributed by atoms with Crippen molar-refractivity contribution in [2.24, 2.45) is 0 Å². The molecule has 2 aliphatic rings. The molecule has 0 aliphatic heterocycles. The molecule has 102 valence electrons. The van der Waals surface area contributed by atoms with Gasteiger partial charge in [-0.3, -0.25) is 4.79 Å². The van der Waals surface area contributed by atoms with E-state index >= 15 is 0 Å². The summed E-state index contributed by atoms with van der Waals surface area (Å²) in [7, 11) is 1.69. The molecule has 0 bridgehead atoms. The molecule has 0 N–H and O–H groups in total. The zero-order valence-corrected chi connectivity index (χ0v) is 11.8. The van der Waals surface area contributed by atoms with E-state index in [0.29, 0.717) is 0 Å². The maximum atomic E-state index is 11.6. The van der Waals surface area contributed by atoms with Gasteiger partial charge in [-0.25, -0.2) is 0 Å². The zero-order valence-electron chi connectivity index (χ0n) is 11.8. The van der Waals surface area contributed by atoms with E-state index in [0.717, 1.165) is 56.1 Å². The van der Waals surface area contributed by atoms with Crippen molar-refractivity contribution in [1.82, 2.24) is 0 Å². The van der Waals surface area contributed by atoms with E-state index in [1.165, 1.54) is 33.0 Å². The average Bonchev–Trinajstić information content (AvgIpc) is 2.51. The van der Waals surface area contributed by atoms with Gasteiger partial charge in [-0.15, -0.1) is 0 Å². The van der Waals surface area contributed by atoms with E-state index in [1.54, 1.807) is 7.11 Å². The summed E-state index contributed by atoms with van der Waals surface area (Å²) in [5, 5.41) is 2.76. The Morgan fingerprint density at radius 1 is 0.950 bits per heavy atom. The van der Waals surface area contributed by atoms with E-state index < -0.39 is 0 Å². The minimum Gasteiger partial charge on any atom is -0.496 e. The third-order valence-electron chi connectivity index (χ3n) is 4.89. The standard InChI is InChI=1S/C18H18O2/c1-20-18-14-7-3-5-12-9-8-11-4-2-6-13(15(18)10-19)16(11)17(12)14/h8-10H,2-7H2,1H3. The maximum absolute atomic E-state index is 11.6. The smallest absolute Gasteiger partial charge is 0.154 e. The van der Waals surface area contributed by atoms with Crippen LogP contribution >= 0.6 is 0 Å². The van der Waals surface area contributed by atoms with Gasteiger partial charge in [0.2, 0.25) is 0 Å². The van der Waals surface area contributed by atoms with Crippen molar-refractivity contribution in [3.63, 3.8) is 0 Å². The Bertz CT molecular complexity index is 728. The number of aldehydes is 1. The van der Waals surface area contributed by atoms with Crippen molar-refractivity contribution in [1.29, 1.82) is 0 Å². The van der Waals surface area contributed by atoms with Crippen LogP contribution in [0.5, 0.6) is 5.75 Å². The Kier molecular flexibility index (Phi) is 2.59. The highest BCUT2D eigenvalue weighted by molar-refractivity contribution is 6.03. The van der Waals surface area contributed by atoms with Gasteiger partial charge in [0.25, 0.3) is 0 Å². The van der Waals surface area contributed by atoms with Crippen LogP contribution in [0, 0.1) is 0 Å². The highest BCUT2D eigenvalue weighted by Crippen LogP contribution is 2.44. The predicted molar refractivity (Wildman–Crippen MR) is 79.9 cm³/mol. The van der Waals surface area contributed by atoms with Crippen molar-refractivity contribution in [2.45, 2.75) is 38.5 Å². The first-order valence-electron chi connectivity index (χ1n) is 7.46. The second-order valence-electron chi connectivity index (χ2n) is 5.86. The Balaban J connectivity index is 2.25. The summed E-state index contributed by atoms with van der Waals surface area (Å²) in [6.07, 6.45) is 7.58. The summed E-state index contributed by atoms with van der Waals surface area (Å²) in [4.78, 5) is 11.6. The molecule has 0 amide bonds. The molecule has 0 saturated carbocycles. The van der Waals surface area contributed by atoms with E-state index in [2.05, 4.69) is 12.1 Å². The summed E-state index contributed by atoms with van der Waals surface area (Å²) >= 11 is 0. The van der Waals surface area contributed by atoms with E-state index in [-0.39, 0.29) is 0 Å². The Morgan fingerprint density at radius 3 is 2.15 bits per heavy atom. The van der Waals surface area contributed by atoms with Gasteiger partial charge in [-0.1, -0.05) is 12.1 Å². The molecule has 20 heavy (non-hydrogen) atoms. The van der Waals surface area contributed by atoms with Gasteiger partial charge in [0.1, 0.15) is 5.75 Å². The number of hydrogen-bond donors (Lipinski definition) is 0. The third-order valence-corrected chi connectivity index (χ3v) is 4.89. The second kappa shape index (κ2) is 4.34. The van der Waals surface area contributed by atoms with E-state index in [4.69, 9.17) is 4.74 Å². The van der Waals surface area contributed by atoms with Gasteiger partial charge in [-0.05, 0) is 66.0 Å². The van der Waals surface area contributed by atoms with E-state index in [1.807, 2.05) is 0 Å². The molecular formula is C18H18O2. The Labute approximate surface area is 118 Å². The van der Waals surface area contributed by atoms with Crippen LogP contribution in [0.2, 0.25) is 0 Å². The predicted octanol–water partition coefficient (Wildman–Crippen LogP) is 3.64. The number of benzene rings is 2. The van der Waals surface area contributed by atoms with Gasteiger partial charge < -0.3 is 4.74 Å². The number of carbonyl (C=O) groups excluding carboxylic acids is 1. The molecule has 0 aromatic heterocycles. The van der Waals surface area contributed by atoms with Crippen molar-refractivity contribution in [3.8, 4) is 5.75 Å². The molecular weight excluding hydrogens is 248 g/mol. The van der Waals surface area contributed by atoms with Crippen LogP contribution < -0.4 is 4.74 Å². The second-order valence-corrected chi connectivity index (χ2v) is 5.86. The highest BCUT2D eigenvalue weighted by Gasteiger charge is 2.26. The van der Waals surface area contributed by atoms with Crippen LogP contribution in [0.3, 0.4) is 0 Å². The van der Waals surface area contributed by atoms with E-state index in [9.17, 15) is 4.79 Å². The summed E-state index contributed by atoms with van der Waals surface area (Å²) < 4.78 is 5.63. The lowest BCUT2D eigenvalue weighted by Crippen LogP contribution is -2.13. The number of ether oxygens (including phenoxy) is 1. The van der Waals surface area contributed by atoms with Crippen molar-refractivity contribution < 1.29 is 9.53 Å². The van der Waals surface area contributed by atoms with Crippen LogP contribution in [0.1, 0.15) is 45.5 Å². The normalized spacial score (nSPS) is 16.2. The van der Waals surface area contributed by atoms with Crippen molar-refractivity contribution in [2.75, 3.05) is 7.11 Å². The van der Waals surface area contributed by atoms with Crippen molar-refractivity contribution in [3.05, 3.63) is 39.9 Å². The fourth-order valence-corrected chi connectivity index (χ4v) is 4.11. The molecule has 0 atom stereocenters. The Hall–Kier alpha value is -1.83. The molecule has 2 aliphatic carbocycles. The Morgan fingerprint density at radius 2 is 1.55 bits per heavy atom. The van der Waals surface area contributed by atoms with Crippen LogP contribution in [0.25, 0.3) is 10.8 Å². The summed E-state index contributed by atoms with van der Waals surface area (Å²) in [5.74, 6) is 0.836. The average molecular weight is 266 g/mol. The highest BCUT2D eigenvalue weighted by atomic mass is 16.5.